The average Bonchev–Trinajstić information content (AvgIpc) is 3.76. The number of aliphatic hydroxyl groups excluding tert-OH is 2. The molecule has 0 aliphatic carbocycles. The second-order valence-electron chi connectivity index (χ2n) is 15.7. The number of carbonyl (C=O) groups excluding carboxylic acids is 4. The Kier molecular flexibility index (Phi) is 10.4. The second-order valence-corrected chi connectivity index (χ2v) is 15.7. The van der Waals surface area contributed by atoms with Crippen molar-refractivity contribution in [2.45, 2.75) is 63.1 Å². The molecule has 0 radical (unpaired) electrons. The van der Waals surface area contributed by atoms with Gasteiger partial charge in [0.1, 0.15) is 11.9 Å². The molecule has 4 fully saturated rings. The number of aliphatic hydroxyl groups is 2. The zero-order chi connectivity index (χ0) is 38.2. The third kappa shape index (κ3) is 7.60. The quantitative estimate of drug-likeness (QED) is 0.190. The molecule has 15 nitrogen and oxygen atoms in total. The number of primary amides is 1. The van der Waals surface area contributed by atoms with Crippen molar-refractivity contribution in [3.63, 3.8) is 0 Å². The lowest BCUT2D eigenvalue weighted by Gasteiger charge is -2.34. The Labute approximate surface area is 319 Å². The first-order chi connectivity index (χ1) is 26.6. The maximum atomic E-state index is 13.2. The number of amides is 4. The van der Waals surface area contributed by atoms with Crippen molar-refractivity contribution in [3.05, 3.63) is 71.0 Å². The molecular formula is C40H49N9O6. The van der Waals surface area contributed by atoms with E-state index in [9.17, 15) is 29.4 Å². The Morgan fingerprint density at radius 2 is 1.71 bits per heavy atom. The van der Waals surface area contributed by atoms with Gasteiger partial charge >= 0.3 is 0 Å². The molecule has 5 aliphatic rings. The maximum Gasteiger partial charge on any atom is 0.271 e. The molecule has 55 heavy (non-hydrogen) atoms. The lowest BCUT2D eigenvalue weighted by atomic mass is 9.89. The number of piperidine rings is 3. The summed E-state index contributed by atoms with van der Waals surface area (Å²) in [6.07, 6.45) is 5.79. The SMILES string of the molecule is NC(=O)c1ncc(N2CCC[C@@H](CO)C2)nc1Nc1ccc(C2CCN(C[C@@H]3CCN(c4ccc5c(c4)C(O)N(C4CCC(=O)NC4=O)C5=O)C3)CC2)cc1. The summed E-state index contributed by atoms with van der Waals surface area (Å²) < 4.78 is 0. The van der Waals surface area contributed by atoms with Gasteiger partial charge in [-0.1, -0.05) is 12.1 Å². The minimum Gasteiger partial charge on any atom is -0.396 e. The van der Waals surface area contributed by atoms with Gasteiger partial charge in [0.2, 0.25) is 11.8 Å². The summed E-state index contributed by atoms with van der Waals surface area (Å²) in [6, 6.07) is 13.0. The van der Waals surface area contributed by atoms with Crippen molar-refractivity contribution < 1.29 is 29.4 Å². The van der Waals surface area contributed by atoms with Gasteiger partial charge in [0, 0.05) is 68.3 Å². The summed E-state index contributed by atoms with van der Waals surface area (Å²) in [5.41, 5.74) is 9.67. The van der Waals surface area contributed by atoms with Gasteiger partial charge in [0.25, 0.3) is 11.8 Å². The van der Waals surface area contributed by atoms with Crippen LogP contribution in [0, 0.1) is 11.8 Å². The number of anilines is 4. The number of nitrogens with zero attached hydrogens (tertiary/aromatic N) is 6. The maximum absolute atomic E-state index is 13.2. The molecule has 290 valence electrons. The van der Waals surface area contributed by atoms with E-state index >= 15 is 0 Å². The molecule has 1 aromatic heterocycles. The van der Waals surface area contributed by atoms with Crippen LogP contribution in [0.5, 0.6) is 0 Å². The van der Waals surface area contributed by atoms with Crippen LogP contribution < -0.4 is 26.2 Å². The number of fused-ring (bicyclic) bond motifs is 1. The highest BCUT2D eigenvalue weighted by Crippen LogP contribution is 2.39. The lowest BCUT2D eigenvalue weighted by Crippen LogP contribution is -2.53. The summed E-state index contributed by atoms with van der Waals surface area (Å²) in [5.74, 6) is 0.167. The van der Waals surface area contributed by atoms with Crippen LogP contribution in [0.4, 0.5) is 23.0 Å². The highest BCUT2D eigenvalue weighted by Gasteiger charge is 2.44. The van der Waals surface area contributed by atoms with Crippen LogP contribution in [0.1, 0.15) is 89.1 Å². The molecule has 6 N–H and O–H groups in total. The second kappa shape index (κ2) is 15.6. The number of nitrogens with one attached hydrogen (secondary N) is 2. The average molecular weight is 752 g/mol. The van der Waals surface area contributed by atoms with E-state index in [1.807, 2.05) is 24.3 Å². The molecular weight excluding hydrogens is 702 g/mol. The van der Waals surface area contributed by atoms with E-state index in [1.54, 1.807) is 12.3 Å². The third-order valence-electron chi connectivity index (χ3n) is 12.1. The first-order valence-electron chi connectivity index (χ1n) is 19.5. The fourth-order valence-electron chi connectivity index (χ4n) is 9.04. The number of likely N-dealkylation sites (tertiary alicyclic amines) is 1. The number of hydrogen-bond donors (Lipinski definition) is 5. The van der Waals surface area contributed by atoms with Crippen molar-refractivity contribution in [1.82, 2.24) is 25.1 Å². The normalized spacial score (nSPS) is 25.0. The molecule has 0 spiro atoms. The zero-order valence-electron chi connectivity index (χ0n) is 30.9. The number of aromatic nitrogens is 2. The topological polar surface area (TPSA) is 198 Å². The number of nitrogens with two attached hydrogens (primary N) is 1. The molecule has 2 unspecified atom stereocenters. The van der Waals surface area contributed by atoms with Crippen molar-refractivity contribution in [2.24, 2.45) is 17.6 Å². The molecule has 3 aromatic rings. The van der Waals surface area contributed by atoms with Crippen molar-refractivity contribution in [2.75, 3.05) is 67.5 Å². The first kappa shape index (κ1) is 36.8. The number of carbonyl (C=O) groups is 4. The van der Waals surface area contributed by atoms with Crippen molar-refractivity contribution in [3.8, 4) is 0 Å². The van der Waals surface area contributed by atoms with Gasteiger partial charge in [-0.15, -0.1) is 0 Å². The summed E-state index contributed by atoms with van der Waals surface area (Å²) in [5, 5.41) is 26.4. The molecule has 8 rings (SSSR count). The third-order valence-corrected chi connectivity index (χ3v) is 12.1. The standard InChI is InChI=1S/C40H49N9O6/c41-36(52)35-37(44-33(19-42-35)48-14-1-2-25(22-48)23-50)43-28-5-3-26(4-6-28)27-12-15-46(16-13-27)20-24-11-17-47(21-24)29-7-8-30-31(18-29)40(55)49(39(30)54)32-9-10-34(51)45-38(32)53/h3-8,18-19,24-25,27,32,40,50,55H,1-2,9-17,20-23H2,(H2,41,52)(H,43,44)(H,45,51,53)/t24-,25+,32?,40?/m0/s1. The van der Waals surface area contributed by atoms with E-state index in [1.165, 1.54) is 10.5 Å². The summed E-state index contributed by atoms with van der Waals surface area (Å²) in [7, 11) is 0. The van der Waals surface area contributed by atoms with Gasteiger partial charge in [-0.2, -0.15) is 0 Å². The van der Waals surface area contributed by atoms with Crippen molar-refractivity contribution >= 4 is 46.6 Å². The summed E-state index contributed by atoms with van der Waals surface area (Å²) in [4.78, 5) is 66.8. The molecule has 4 amide bonds. The fourth-order valence-corrected chi connectivity index (χ4v) is 9.04. The van der Waals surface area contributed by atoms with E-state index in [-0.39, 0.29) is 42.9 Å². The molecule has 5 aliphatic heterocycles. The van der Waals surface area contributed by atoms with Gasteiger partial charge in [0.05, 0.1) is 6.20 Å². The molecule has 15 heteroatoms. The first-order valence-corrected chi connectivity index (χ1v) is 19.5. The van der Waals surface area contributed by atoms with E-state index in [2.05, 4.69) is 42.5 Å². The predicted octanol–water partition coefficient (Wildman–Crippen LogP) is 2.49. The van der Waals surface area contributed by atoms with Crippen LogP contribution in [0.25, 0.3) is 0 Å². The molecule has 6 heterocycles. The van der Waals surface area contributed by atoms with Gasteiger partial charge in [0.15, 0.2) is 17.7 Å². The van der Waals surface area contributed by atoms with Crippen LogP contribution in [0.15, 0.2) is 48.7 Å². The molecule has 4 atom stereocenters. The van der Waals surface area contributed by atoms with Gasteiger partial charge in [-0.05, 0) is 105 Å². The molecule has 4 saturated heterocycles. The lowest BCUT2D eigenvalue weighted by molar-refractivity contribution is -0.139. The Hall–Kier alpha value is -5.12. The monoisotopic (exact) mass is 751 g/mol. The fraction of sp³-hybridized carbons (Fsp3) is 0.500. The Balaban J connectivity index is 0.833. The van der Waals surface area contributed by atoms with Gasteiger partial charge in [-0.25, -0.2) is 9.97 Å². The van der Waals surface area contributed by atoms with Crippen LogP contribution in [-0.4, -0.2) is 112 Å². The summed E-state index contributed by atoms with van der Waals surface area (Å²) in [6.45, 7) is 6.46. The predicted molar refractivity (Wildman–Crippen MR) is 205 cm³/mol. The Morgan fingerprint density at radius 1 is 0.927 bits per heavy atom. The van der Waals surface area contributed by atoms with Gasteiger partial charge < -0.3 is 36.0 Å². The number of rotatable bonds is 10. The van der Waals surface area contributed by atoms with Crippen LogP contribution in [-0.2, 0) is 9.59 Å². The van der Waals surface area contributed by atoms with Crippen LogP contribution in [0.3, 0.4) is 0 Å². The number of benzene rings is 2. The minimum atomic E-state index is -1.23. The molecule has 0 bridgehead atoms. The van der Waals surface area contributed by atoms with Crippen molar-refractivity contribution in [1.29, 1.82) is 0 Å². The largest absolute Gasteiger partial charge is 0.396 e. The Bertz CT molecular complexity index is 1950. The minimum absolute atomic E-state index is 0.0854. The van der Waals surface area contributed by atoms with Crippen LogP contribution >= 0.6 is 0 Å². The van der Waals surface area contributed by atoms with E-state index in [0.717, 1.165) is 82.7 Å². The molecule has 2 aromatic carbocycles. The van der Waals surface area contributed by atoms with Crippen LogP contribution in [0.2, 0.25) is 0 Å². The summed E-state index contributed by atoms with van der Waals surface area (Å²) >= 11 is 0. The highest BCUT2D eigenvalue weighted by atomic mass is 16.3. The van der Waals surface area contributed by atoms with E-state index < -0.39 is 24.1 Å². The number of imide groups is 1. The highest BCUT2D eigenvalue weighted by molar-refractivity contribution is 6.06. The molecule has 0 saturated carbocycles. The zero-order valence-corrected chi connectivity index (χ0v) is 30.9. The van der Waals surface area contributed by atoms with Gasteiger partial charge in [-0.3, -0.25) is 29.4 Å². The number of hydrogen-bond acceptors (Lipinski definition) is 12. The Morgan fingerprint density at radius 3 is 2.45 bits per heavy atom. The smallest absolute Gasteiger partial charge is 0.271 e. The van der Waals surface area contributed by atoms with E-state index in [4.69, 9.17) is 10.7 Å². The van der Waals surface area contributed by atoms with E-state index in [0.29, 0.717) is 41.1 Å².